The Bertz CT molecular complexity index is 895. The van der Waals surface area contributed by atoms with Crippen LogP contribution in [0.2, 0.25) is 0 Å². The first kappa shape index (κ1) is 17.9. The second-order valence-corrected chi connectivity index (χ2v) is 6.77. The summed E-state index contributed by atoms with van der Waals surface area (Å²) in [6, 6.07) is 9.50. The van der Waals surface area contributed by atoms with Crippen LogP contribution in [-0.4, -0.2) is 22.5 Å². The molecule has 1 aliphatic rings. The van der Waals surface area contributed by atoms with E-state index in [-0.39, 0.29) is 11.6 Å². The van der Waals surface area contributed by atoms with Gasteiger partial charge in [0.15, 0.2) is 11.4 Å². The van der Waals surface area contributed by atoms with Crippen molar-refractivity contribution in [1.29, 1.82) is 0 Å². The van der Waals surface area contributed by atoms with Gasteiger partial charge in [0, 0.05) is 17.5 Å². The van der Waals surface area contributed by atoms with Crippen LogP contribution in [0.4, 0.5) is 4.39 Å². The van der Waals surface area contributed by atoms with Gasteiger partial charge in [-0.2, -0.15) is 0 Å². The average molecular weight is 354 g/mol. The number of Topliss-reactive ketones (excluding diaryl/α,β-unsaturated/α-hetero) is 1. The molecule has 0 saturated heterocycles. The third-order valence-corrected chi connectivity index (χ3v) is 4.36. The average Bonchev–Trinajstić information content (AvgIpc) is 2.94. The number of aryl methyl sites for hydroxylation is 1. The highest BCUT2D eigenvalue weighted by Gasteiger charge is 2.31. The van der Waals surface area contributed by atoms with E-state index < -0.39 is 11.6 Å². The van der Waals surface area contributed by atoms with Crippen LogP contribution < -0.4 is 4.74 Å². The zero-order chi connectivity index (χ0) is 18.9. The van der Waals surface area contributed by atoms with Gasteiger partial charge in [-0.25, -0.2) is 9.18 Å². The quantitative estimate of drug-likeness (QED) is 0.810. The van der Waals surface area contributed by atoms with E-state index >= 15 is 0 Å². The van der Waals surface area contributed by atoms with Crippen LogP contribution in [-0.2, 0) is 11.2 Å². The van der Waals surface area contributed by atoms with Gasteiger partial charge in [-0.15, -0.1) is 0 Å². The third-order valence-electron chi connectivity index (χ3n) is 4.36. The van der Waals surface area contributed by atoms with Crippen molar-refractivity contribution in [1.82, 2.24) is 0 Å². The molecule has 0 aliphatic heterocycles. The Kier molecular flexibility index (Phi) is 4.64. The fourth-order valence-corrected chi connectivity index (χ4v) is 2.79. The van der Waals surface area contributed by atoms with Crippen molar-refractivity contribution in [3.05, 3.63) is 64.5 Å². The van der Waals surface area contributed by atoms with Gasteiger partial charge in [-0.05, 0) is 55.7 Å². The molecular weight excluding hydrogens is 335 g/mol. The standard InChI is InChI=1S/C21H19FO4/c1-21(2,20(24)25)26-19-12-17-14(7-10-18(17)23)11-15(19)6-3-13-4-8-16(22)9-5-13/h3-6,8-9,11-12H,7,10H2,1-2H3,(H,24,25). The molecule has 0 bridgehead atoms. The minimum atomic E-state index is -1.44. The maximum absolute atomic E-state index is 13.0. The first-order valence-corrected chi connectivity index (χ1v) is 8.32. The van der Waals surface area contributed by atoms with Gasteiger partial charge >= 0.3 is 5.97 Å². The number of halogens is 1. The number of hydrogen-bond acceptors (Lipinski definition) is 3. The molecule has 0 atom stereocenters. The molecule has 5 heteroatoms. The maximum Gasteiger partial charge on any atom is 0.347 e. The summed E-state index contributed by atoms with van der Waals surface area (Å²) < 4.78 is 18.7. The second-order valence-electron chi connectivity index (χ2n) is 6.77. The lowest BCUT2D eigenvalue weighted by molar-refractivity contribution is -0.152. The van der Waals surface area contributed by atoms with E-state index in [1.165, 1.54) is 26.0 Å². The molecule has 0 spiro atoms. The number of carboxylic acid groups (broad SMARTS) is 1. The van der Waals surface area contributed by atoms with Crippen LogP contribution in [0.5, 0.6) is 5.75 Å². The summed E-state index contributed by atoms with van der Waals surface area (Å²) in [7, 11) is 0. The normalized spacial score (nSPS) is 13.9. The Morgan fingerprint density at radius 1 is 1.15 bits per heavy atom. The molecule has 1 N–H and O–H groups in total. The second kappa shape index (κ2) is 6.75. The van der Waals surface area contributed by atoms with E-state index in [0.717, 1.165) is 11.1 Å². The van der Waals surface area contributed by atoms with E-state index in [9.17, 15) is 19.1 Å². The molecule has 0 heterocycles. The minimum Gasteiger partial charge on any atom is -0.478 e. The lowest BCUT2D eigenvalue weighted by Crippen LogP contribution is -2.38. The molecule has 134 valence electrons. The molecule has 0 fully saturated rings. The lowest BCUT2D eigenvalue weighted by Gasteiger charge is -2.23. The number of ether oxygens (including phenoxy) is 1. The molecular formula is C21H19FO4. The molecule has 3 rings (SSSR count). The molecule has 26 heavy (non-hydrogen) atoms. The summed E-state index contributed by atoms with van der Waals surface area (Å²) in [5.74, 6) is -1.04. The van der Waals surface area contributed by atoms with E-state index in [1.54, 1.807) is 30.4 Å². The van der Waals surface area contributed by atoms with Gasteiger partial charge < -0.3 is 9.84 Å². The highest BCUT2D eigenvalue weighted by molar-refractivity contribution is 6.01. The van der Waals surface area contributed by atoms with Gasteiger partial charge in [0.05, 0.1) is 0 Å². The highest BCUT2D eigenvalue weighted by Crippen LogP contribution is 2.33. The predicted octanol–water partition coefficient (Wildman–Crippen LogP) is 4.37. The first-order valence-electron chi connectivity index (χ1n) is 8.32. The zero-order valence-corrected chi connectivity index (χ0v) is 14.6. The summed E-state index contributed by atoms with van der Waals surface area (Å²) in [6.45, 7) is 2.91. The maximum atomic E-state index is 13.0. The first-order chi connectivity index (χ1) is 12.3. The Labute approximate surface area is 150 Å². The van der Waals surface area contributed by atoms with Gasteiger partial charge in [-0.1, -0.05) is 24.3 Å². The summed E-state index contributed by atoms with van der Waals surface area (Å²) in [5, 5.41) is 9.33. The van der Waals surface area contributed by atoms with Crippen LogP contribution in [0.25, 0.3) is 12.2 Å². The van der Waals surface area contributed by atoms with Crippen molar-refractivity contribution in [2.24, 2.45) is 0 Å². The number of fused-ring (bicyclic) bond motifs is 1. The molecule has 0 saturated carbocycles. The Morgan fingerprint density at radius 2 is 1.85 bits per heavy atom. The smallest absolute Gasteiger partial charge is 0.347 e. The van der Waals surface area contributed by atoms with Crippen LogP contribution in [0, 0.1) is 5.82 Å². The van der Waals surface area contributed by atoms with Crippen molar-refractivity contribution in [3.8, 4) is 5.75 Å². The Balaban J connectivity index is 2.01. The Hall–Kier alpha value is -2.95. The molecule has 0 radical (unpaired) electrons. The van der Waals surface area contributed by atoms with Crippen LogP contribution >= 0.6 is 0 Å². The molecule has 0 aromatic heterocycles. The number of carbonyl (C=O) groups excluding carboxylic acids is 1. The number of carboxylic acids is 1. The van der Waals surface area contributed by atoms with Crippen molar-refractivity contribution < 1.29 is 23.8 Å². The van der Waals surface area contributed by atoms with E-state index in [1.807, 2.05) is 6.07 Å². The zero-order valence-electron chi connectivity index (χ0n) is 14.6. The fourth-order valence-electron chi connectivity index (χ4n) is 2.79. The predicted molar refractivity (Wildman–Crippen MR) is 96.8 cm³/mol. The topological polar surface area (TPSA) is 63.6 Å². The lowest BCUT2D eigenvalue weighted by atomic mass is 10.0. The van der Waals surface area contributed by atoms with Gasteiger partial charge in [0.1, 0.15) is 11.6 Å². The fraction of sp³-hybridized carbons (Fsp3) is 0.238. The third kappa shape index (κ3) is 3.67. The number of hydrogen-bond donors (Lipinski definition) is 1. The summed E-state index contributed by atoms with van der Waals surface area (Å²) in [5.41, 5.74) is 1.55. The van der Waals surface area contributed by atoms with E-state index in [0.29, 0.717) is 29.7 Å². The van der Waals surface area contributed by atoms with Crippen LogP contribution in [0.15, 0.2) is 36.4 Å². The van der Waals surface area contributed by atoms with Crippen LogP contribution in [0.1, 0.15) is 47.3 Å². The molecule has 0 amide bonds. The summed E-state index contributed by atoms with van der Waals surface area (Å²) in [4.78, 5) is 23.4. The van der Waals surface area contributed by atoms with E-state index in [2.05, 4.69) is 0 Å². The minimum absolute atomic E-state index is 0.0343. The van der Waals surface area contributed by atoms with Gasteiger partial charge in [0.2, 0.25) is 0 Å². The molecule has 1 aliphatic carbocycles. The summed E-state index contributed by atoms with van der Waals surface area (Å²) >= 11 is 0. The van der Waals surface area contributed by atoms with Gasteiger partial charge in [0.25, 0.3) is 0 Å². The number of ketones is 1. The van der Waals surface area contributed by atoms with Crippen molar-refractivity contribution >= 4 is 23.9 Å². The van der Waals surface area contributed by atoms with Crippen molar-refractivity contribution in [2.45, 2.75) is 32.3 Å². The number of aliphatic carboxylic acids is 1. The number of benzene rings is 2. The van der Waals surface area contributed by atoms with Crippen molar-refractivity contribution in [3.63, 3.8) is 0 Å². The number of rotatable bonds is 5. The molecule has 2 aromatic carbocycles. The van der Waals surface area contributed by atoms with Gasteiger partial charge in [-0.3, -0.25) is 4.79 Å². The number of carbonyl (C=O) groups is 2. The van der Waals surface area contributed by atoms with Crippen LogP contribution in [0.3, 0.4) is 0 Å². The SMILES string of the molecule is CC(C)(Oc1cc2c(cc1C=Cc1ccc(F)cc1)CCC2=O)C(=O)O. The summed E-state index contributed by atoms with van der Waals surface area (Å²) in [6.07, 6.45) is 4.68. The Morgan fingerprint density at radius 3 is 2.50 bits per heavy atom. The largest absolute Gasteiger partial charge is 0.478 e. The molecule has 0 unspecified atom stereocenters. The highest BCUT2D eigenvalue weighted by atomic mass is 19.1. The monoisotopic (exact) mass is 354 g/mol. The van der Waals surface area contributed by atoms with Crippen molar-refractivity contribution in [2.75, 3.05) is 0 Å². The van der Waals surface area contributed by atoms with E-state index in [4.69, 9.17) is 4.74 Å². The molecule has 2 aromatic rings. The molecule has 4 nitrogen and oxygen atoms in total.